The number of aromatic carboxylic acids is 1. The molecular formula is C13H19NO5S. The molecule has 1 rings (SSSR count). The van der Waals surface area contributed by atoms with Crippen LogP contribution in [0, 0.1) is 13.8 Å². The van der Waals surface area contributed by atoms with E-state index < -0.39 is 22.0 Å². The van der Waals surface area contributed by atoms with E-state index in [-0.39, 0.29) is 17.1 Å². The quantitative estimate of drug-likeness (QED) is 0.728. The van der Waals surface area contributed by atoms with Crippen molar-refractivity contribution in [3.05, 3.63) is 28.8 Å². The van der Waals surface area contributed by atoms with E-state index in [9.17, 15) is 13.2 Å². The molecule has 7 heteroatoms. The second kappa shape index (κ2) is 6.34. The van der Waals surface area contributed by atoms with Crippen LogP contribution in [0.3, 0.4) is 0 Å². The predicted molar refractivity (Wildman–Crippen MR) is 74.4 cm³/mol. The molecule has 0 fully saturated rings. The molecule has 0 aliphatic carbocycles. The first-order chi connectivity index (χ1) is 9.22. The molecule has 0 saturated heterocycles. The third-order valence-corrected chi connectivity index (χ3v) is 4.74. The molecule has 0 aliphatic heterocycles. The molecule has 20 heavy (non-hydrogen) atoms. The van der Waals surface area contributed by atoms with Crippen LogP contribution < -0.4 is 4.72 Å². The van der Waals surface area contributed by atoms with Gasteiger partial charge in [-0.1, -0.05) is 13.0 Å². The standard InChI is InChI=1S/C13H19NO5S/c1-4-10(7-15)14-20(18,19)12-6-11(13(16)17)8(2)5-9(12)3/h5-6,10,14-15H,4,7H2,1-3H3,(H,16,17). The first-order valence-corrected chi connectivity index (χ1v) is 7.69. The minimum absolute atomic E-state index is 0.0481. The number of benzene rings is 1. The summed E-state index contributed by atoms with van der Waals surface area (Å²) < 4.78 is 26.9. The number of aliphatic hydroxyl groups excluding tert-OH is 1. The smallest absolute Gasteiger partial charge is 0.335 e. The second-order valence-electron chi connectivity index (χ2n) is 4.65. The molecule has 1 unspecified atom stereocenters. The fourth-order valence-corrected chi connectivity index (χ4v) is 3.45. The van der Waals surface area contributed by atoms with Crippen molar-refractivity contribution < 1.29 is 23.4 Å². The fraction of sp³-hybridized carbons (Fsp3) is 0.462. The maximum atomic E-state index is 12.3. The van der Waals surface area contributed by atoms with E-state index in [1.54, 1.807) is 20.8 Å². The van der Waals surface area contributed by atoms with Crippen LogP contribution in [0.2, 0.25) is 0 Å². The Kier molecular flexibility index (Phi) is 5.27. The lowest BCUT2D eigenvalue weighted by atomic mass is 10.1. The SMILES string of the molecule is CCC(CO)NS(=O)(=O)c1cc(C(=O)O)c(C)cc1C. The highest BCUT2D eigenvalue weighted by Crippen LogP contribution is 2.21. The number of carbonyl (C=O) groups is 1. The van der Waals surface area contributed by atoms with E-state index in [4.69, 9.17) is 10.2 Å². The monoisotopic (exact) mass is 301 g/mol. The Balaban J connectivity index is 3.31. The van der Waals surface area contributed by atoms with E-state index in [0.717, 1.165) is 6.07 Å². The van der Waals surface area contributed by atoms with Crippen molar-refractivity contribution >= 4 is 16.0 Å². The van der Waals surface area contributed by atoms with Gasteiger partial charge in [-0.25, -0.2) is 17.9 Å². The van der Waals surface area contributed by atoms with Crippen LogP contribution in [0.25, 0.3) is 0 Å². The van der Waals surface area contributed by atoms with Crippen LogP contribution in [0.4, 0.5) is 0 Å². The zero-order chi connectivity index (χ0) is 15.5. The molecule has 0 heterocycles. The summed E-state index contributed by atoms with van der Waals surface area (Å²) in [5.74, 6) is -1.17. The molecule has 0 amide bonds. The Bertz CT molecular complexity index is 605. The Morgan fingerprint density at radius 2 is 1.90 bits per heavy atom. The van der Waals surface area contributed by atoms with Gasteiger partial charge in [-0.15, -0.1) is 0 Å². The number of carboxylic acids is 1. The minimum atomic E-state index is -3.86. The molecule has 0 spiro atoms. The van der Waals surface area contributed by atoms with E-state index in [0.29, 0.717) is 17.5 Å². The van der Waals surface area contributed by atoms with Crippen LogP contribution in [0.15, 0.2) is 17.0 Å². The predicted octanol–water partition coefficient (Wildman–Crippen LogP) is 1.05. The van der Waals surface area contributed by atoms with Crippen LogP contribution in [0.1, 0.15) is 34.8 Å². The van der Waals surface area contributed by atoms with Gasteiger partial charge in [-0.3, -0.25) is 0 Å². The summed E-state index contributed by atoms with van der Waals surface area (Å²) >= 11 is 0. The van der Waals surface area contributed by atoms with Crippen molar-refractivity contribution in [2.75, 3.05) is 6.61 Å². The van der Waals surface area contributed by atoms with Gasteiger partial charge in [0.15, 0.2) is 0 Å². The van der Waals surface area contributed by atoms with Gasteiger partial charge < -0.3 is 10.2 Å². The van der Waals surface area contributed by atoms with Gasteiger partial charge in [0.1, 0.15) is 0 Å². The summed E-state index contributed by atoms with van der Waals surface area (Å²) in [6.45, 7) is 4.65. The van der Waals surface area contributed by atoms with Crippen molar-refractivity contribution in [2.45, 2.75) is 38.1 Å². The first kappa shape index (κ1) is 16.6. The summed E-state index contributed by atoms with van der Waals surface area (Å²) in [4.78, 5) is 11.0. The van der Waals surface area contributed by atoms with Crippen molar-refractivity contribution in [2.24, 2.45) is 0 Å². The highest BCUT2D eigenvalue weighted by atomic mass is 32.2. The van der Waals surface area contributed by atoms with Gasteiger partial charge in [0.25, 0.3) is 0 Å². The molecule has 0 aliphatic rings. The Hall–Kier alpha value is -1.44. The molecule has 0 saturated carbocycles. The molecule has 0 radical (unpaired) electrons. The molecule has 3 N–H and O–H groups in total. The van der Waals surface area contributed by atoms with E-state index in [1.807, 2.05) is 0 Å². The third kappa shape index (κ3) is 3.56. The molecule has 1 aromatic carbocycles. The lowest BCUT2D eigenvalue weighted by Crippen LogP contribution is -2.37. The average Bonchev–Trinajstić information content (AvgIpc) is 2.35. The van der Waals surface area contributed by atoms with Gasteiger partial charge in [-0.2, -0.15) is 0 Å². The second-order valence-corrected chi connectivity index (χ2v) is 6.33. The lowest BCUT2D eigenvalue weighted by molar-refractivity contribution is 0.0696. The van der Waals surface area contributed by atoms with E-state index >= 15 is 0 Å². The van der Waals surface area contributed by atoms with Crippen molar-refractivity contribution in [3.63, 3.8) is 0 Å². The van der Waals surface area contributed by atoms with Crippen molar-refractivity contribution in [1.29, 1.82) is 0 Å². The Labute approximate surface area is 118 Å². The normalized spacial score (nSPS) is 13.2. The highest BCUT2D eigenvalue weighted by molar-refractivity contribution is 7.89. The summed E-state index contributed by atoms with van der Waals surface area (Å²) in [5.41, 5.74) is 0.920. The zero-order valence-electron chi connectivity index (χ0n) is 11.7. The maximum absolute atomic E-state index is 12.3. The molecule has 1 atom stereocenters. The molecule has 1 aromatic rings. The number of hydrogen-bond donors (Lipinski definition) is 3. The van der Waals surface area contributed by atoms with Crippen LogP contribution in [0.5, 0.6) is 0 Å². The number of aliphatic hydroxyl groups is 1. The first-order valence-electron chi connectivity index (χ1n) is 6.20. The number of carboxylic acid groups (broad SMARTS) is 1. The summed E-state index contributed by atoms with van der Waals surface area (Å²) in [5, 5.41) is 18.1. The largest absolute Gasteiger partial charge is 0.478 e. The van der Waals surface area contributed by atoms with Crippen molar-refractivity contribution in [1.82, 2.24) is 4.72 Å². The van der Waals surface area contributed by atoms with Crippen LogP contribution >= 0.6 is 0 Å². The number of aryl methyl sites for hydroxylation is 2. The highest BCUT2D eigenvalue weighted by Gasteiger charge is 2.23. The number of hydrogen-bond acceptors (Lipinski definition) is 4. The molecule has 0 aromatic heterocycles. The Morgan fingerprint density at radius 3 is 2.35 bits per heavy atom. The molecule has 112 valence electrons. The maximum Gasteiger partial charge on any atom is 0.335 e. The third-order valence-electron chi connectivity index (χ3n) is 3.08. The van der Waals surface area contributed by atoms with Gasteiger partial charge >= 0.3 is 5.97 Å². The van der Waals surface area contributed by atoms with Crippen LogP contribution in [-0.4, -0.2) is 37.2 Å². The topological polar surface area (TPSA) is 104 Å². The van der Waals surface area contributed by atoms with Gasteiger partial charge in [0, 0.05) is 6.04 Å². The summed E-state index contributed by atoms with van der Waals surface area (Å²) in [7, 11) is -3.86. The average molecular weight is 301 g/mol. The summed E-state index contributed by atoms with van der Waals surface area (Å²) in [6, 6.07) is 2.09. The fourth-order valence-electron chi connectivity index (χ4n) is 1.88. The molecule has 6 nitrogen and oxygen atoms in total. The lowest BCUT2D eigenvalue weighted by Gasteiger charge is -2.16. The van der Waals surface area contributed by atoms with E-state index in [1.165, 1.54) is 6.07 Å². The summed E-state index contributed by atoms with van der Waals surface area (Å²) in [6.07, 6.45) is 0.437. The van der Waals surface area contributed by atoms with Crippen LogP contribution in [-0.2, 0) is 10.0 Å². The minimum Gasteiger partial charge on any atom is -0.478 e. The van der Waals surface area contributed by atoms with Gasteiger partial charge in [0.05, 0.1) is 17.1 Å². The molecular weight excluding hydrogens is 282 g/mol. The van der Waals surface area contributed by atoms with E-state index in [2.05, 4.69) is 4.72 Å². The number of rotatable bonds is 6. The van der Waals surface area contributed by atoms with Gasteiger partial charge in [-0.05, 0) is 37.5 Å². The number of sulfonamides is 1. The number of nitrogens with one attached hydrogen (secondary N) is 1. The Morgan fingerprint density at radius 1 is 1.30 bits per heavy atom. The zero-order valence-corrected chi connectivity index (χ0v) is 12.5. The van der Waals surface area contributed by atoms with Crippen molar-refractivity contribution in [3.8, 4) is 0 Å². The molecule has 0 bridgehead atoms. The van der Waals surface area contributed by atoms with Gasteiger partial charge in [0.2, 0.25) is 10.0 Å².